The zero-order valence-electron chi connectivity index (χ0n) is 13.3. The third-order valence-electron chi connectivity index (χ3n) is 2.92. The summed E-state index contributed by atoms with van der Waals surface area (Å²) in [6.07, 6.45) is 0. The number of hydrogen-bond donors (Lipinski definition) is 2. The van der Waals surface area contributed by atoms with Crippen LogP contribution in [0.1, 0.15) is 31.1 Å². The highest BCUT2D eigenvalue weighted by atomic mass is 32.2. The van der Waals surface area contributed by atoms with Gasteiger partial charge in [-0.3, -0.25) is 9.52 Å². The number of carbonyl (C=O) groups is 1. The standard InChI is InChI=1S/C17H20N2O3S/c1-17(2,3)18-16(20)13-8-7-9-14(12-13)19-23(21,22)15-10-5-4-6-11-15/h4-12,19H,1-3H3,(H,18,20). The molecule has 0 spiro atoms. The largest absolute Gasteiger partial charge is 0.347 e. The molecule has 0 unspecified atom stereocenters. The van der Waals surface area contributed by atoms with Crippen molar-refractivity contribution < 1.29 is 13.2 Å². The van der Waals surface area contributed by atoms with Crippen molar-refractivity contribution in [3.63, 3.8) is 0 Å². The quantitative estimate of drug-likeness (QED) is 0.904. The van der Waals surface area contributed by atoms with Gasteiger partial charge in [0.05, 0.1) is 4.90 Å². The second-order valence-electron chi connectivity index (χ2n) is 6.20. The second kappa shape index (κ2) is 6.42. The summed E-state index contributed by atoms with van der Waals surface area (Å²) in [5.74, 6) is -0.252. The molecule has 6 heteroatoms. The highest BCUT2D eigenvalue weighted by Crippen LogP contribution is 2.17. The average Bonchev–Trinajstić information content (AvgIpc) is 2.46. The molecular formula is C17H20N2O3S. The molecule has 0 saturated heterocycles. The number of sulfonamides is 1. The molecule has 1 amide bonds. The third kappa shape index (κ3) is 4.82. The van der Waals surface area contributed by atoms with Gasteiger partial charge in [0.15, 0.2) is 0 Å². The first-order chi connectivity index (χ1) is 10.7. The number of benzene rings is 2. The number of rotatable bonds is 4. The van der Waals surface area contributed by atoms with Crippen LogP contribution in [-0.4, -0.2) is 19.9 Å². The van der Waals surface area contributed by atoms with Crippen molar-refractivity contribution in [3.8, 4) is 0 Å². The summed E-state index contributed by atoms with van der Waals surface area (Å²) < 4.78 is 27.1. The van der Waals surface area contributed by atoms with Crippen LogP contribution in [0.5, 0.6) is 0 Å². The van der Waals surface area contributed by atoms with Crippen LogP contribution < -0.4 is 10.0 Å². The molecule has 0 bridgehead atoms. The lowest BCUT2D eigenvalue weighted by Crippen LogP contribution is -2.40. The van der Waals surface area contributed by atoms with Crippen LogP contribution in [0.15, 0.2) is 59.5 Å². The Balaban J connectivity index is 2.22. The molecule has 2 N–H and O–H groups in total. The van der Waals surface area contributed by atoms with E-state index in [1.54, 1.807) is 36.4 Å². The molecule has 0 aliphatic carbocycles. The minimum absolute atomic E-state index is 0.171. The van der Waals surface area contributed by atoms with Gasteiger partial charge in [0.1, 0.15) is 0 Å². The van der Waals surface area contributed by atoms with Gasteiger partial charge in [-0.1, -0.05) is 24.3 Å². The fourth-order valence-electron chi connectivity index (χ4n) is 1.95. The summed E-state index contributed by atoms with van der Waals surface area (Å²) >= 11 is 0. The predicted octanol–water partition coefficient (Wildman–Crippen LogP) is 3.02. The van der Waals surface area contributed by atoms with E-state index in [0.29, 0.717) is 11.3 Å². The van der Waals surface area contributed by atoms with E-state index in [-0.39, 0.29) is 16.3 Å². The number of amides is 1. The van der Waals surface area contributed by atoms with E-state index in [2.05, 4.69) is 10.0 Å². The Morgan fingerprint density at radius 1 is 0.957 bits per heavy atom. The van der Waals surface area contributed by atoms with Gasteiger partial charge in [0.25, 0.3) is 15.9 Å². The van der Waals surface area contributed by atoms with Crippen LogP contribution in [0.3, 0.4) is 0 Å². The van der Waals surface area contributed by atoms with Gasteiger partial charge < -0.3 is 5.32 Å². The van der Waals surface area contributed by atoms with E-state index in [9.17, 15) is 13.2 Å². The molecule has 23 heavy (non-hydrogen) atoms. The van der Waals surface area contributed by atoms with Crippen molar-refractivity contribution in [3.05, 3.63) is 60.2 Å². The molecule has 122 valence electrons. The van der Waals surface area contributed by atoms with E-state index in [1.165, 1.54) is 18.2 Å². The van der Waals surface area contributed by atoms with Crippen molar-refractivity contribution in [1.29, 1.82) is 0 Å². The normalized spacial score (nSPS) is 11.8. The first-order valence-corrected chi connectivity index (χ1v) is 8.66. The lowest BCUT2D eigenvalue weighted by molar-refractivity contribution is 0.0919. The Kier molecular flexibility index (Phi) is 4.75. The molecular weight excluding hydrogens is 312 g/mol. The average molecular weight is 332 g/mol. The molecule has 0 heterocycles. The van der Waals surface area contributed by atoms with Gasteiger partial charge in [-0.15, -0.1) is 0 Å². The summed E-state index contributed by atoms with van der Waals surface area (Å²) in [7, 11) is -3.67. The van der Waals surface area contributed by atoms with Gasteiger partial charge in [-0.05, 0) is 51.1 Å². The Labute approximate surface area is 136 Å². The summed E-state index contributed by atoms with van der Waals surface area (Å²) in [6, 6.07) is 14.5. The zero-order chi connectivity index (χ0) is 17.1. The molecule has 2 aromatic carbocycles. The molecule has 0 aliphatic rings. The van der Waals surface area contributed by atoms with Crippen molar-refractivity contribution in [2.75, 3.05) is 4.72 Å². The maximum Gasteiger partial charge on any atom is 0.261 e. The predicted molar refractivity (Wildman–Crippen MR) is 90.9 cm³/mol. The van der Waals surface area contributed by atoms with E-state index in [1.807, 2.05) is 20.8 Å². The summed E-state index contributed by atoms with van der Waals surface area (Å²) in [5, 5.41) is 2.84. The van der Waals surface area contributed by atoms with Crippen molar-refractivity contribution >= 4 is 21.6 Å². The molecule has 2 rings (SSSR count). The molecule has 0 aliphatic heterocycles. The van der Waals surface area contributed by atoms with Gasteiger partial charge in [0.2, 0.25) is 0 Å². The summed E-state index contributed by atoms with van der Waals surface area (Å²) in [5.41, 5.74) is 0.375. The monoisotopic (exact) mass is 332 g/mol. The number of nitrogens with one attached hydrogen (secondary N) is 2. The number of carbonyl (C=O) groups excluding carboxylic acids is 1. The molecule has 5 nitrogen and oxygen atoms in total. The minimum Gasteiger partial charge on any atom is -0.347 e. The molecule has 0 saturated carbocycles. The Hall–Kier alpha value is -2.34. The first-order valence-electron chi connectivity index (χ1n) is 7.18. The molecule has 2 aromatic rings. The minimum atomic E-state index is -3.67. The van der Waals surface area contributed by atoms with Gasteiger partial charge in [-0.2, -0.15) is 0 Å². The Bertz CT molecular complexity index is 794. The molecule has 0 radical (unpaired) electrons. The van der Waals surface area contributed by atoms with Crippen LogP contribution >= 0.6 is 0 Å². The van der Waals surface area contributed by atoms with Crippen LogP contribution in [0.2, 0.25) is 0 Å². The Morgan fingerprint density at radius 3 is 2.22 bits per heavy atom. The fraction of sp³-hybridized carbons (Fsp3) is 0.235. The lowest BCUT2D eigenvalue weighted by atomic mass is 10.1. The van der Waals surface area contributed by atoms with Gasteiger partial charge >= 0.3 is 0 Å². The number of hydrogen-bond acceptors (Lipinski definition) is 3. The maximum absolute atomic E-state index is 12.3. The van der Waals surface area contributed by atoms with E-state index < -0.39 is 10.0 Å². The van der Waals surface area contributed by atoms with Crippen LogP contribution in [-0.2, 0) is 10.0 Å². The van der Waals surface area contributed by atoms with Crippen molar-refractivity contribution in [2.45, 2.75) is 31.2 Å². The number of anilines is 1. The van der Waals surface area contributed by atoms with Crippen molar-refractivity contribution in [1.82, 2.24) is 5.32 Å². The second-order valence-corrected chi connectivity index (χ2v) is 7.89. The van der Waals surface area contributed by atoms with E-state index in [0.717, 1.165) is 0 Å². The van der Waals surface area contributed by atoms with Crippen molar-refractivity contribution in [2.24, 2.45) is 0 Å². The first kappa shape index (κ1) is 17.0. The molecule has 0 aromatic heterocycles. The molecule has 0 atom stereocenters. The zero-order valence-corrected chi connectivity index (χ0v) is 14.1. The third-order valence-corrected chi connectivity index (χ3v) is 4.32. The summed E-state index contributed by atoms with van der Waals surface area (Å²) in [6.45, 7) is 5.65. The Morgan fingerprint density at radius 2 is 1.61 bits per heavy atom. The highest BCUT2D eigenvalue weighted by Gasteiger charge is 2.17. The van der Waals surface area contributed by atoms with Crippen LogP contribution in [0, 0.1) is 0 Å². The topological polar surface area (TPSA) is 75.3 Å². The fourth-order valence-corrected chi connectivity index (χ4v) is 3.02. The highest BCUT2D eigenvalue weighted by molar-refractivity contribution is 7.92. The van der Waals surface area contributed by atoms with E-state index >= 15 is 0 Å². The maximum atomic E-state index is 12.3. The summed E-state index contributed by atoms with van der Waals surface area (Å²) in [4.78, 5) is 12.3. The van der Waals surface area contributed by atoms with Gasteiger partial charge in [0, 0.05) is 16.8 Å². The smallest absolute Gasteiger partial charge is 0.261 e. The van der Waals surface area contributed by atoms with Gasteiger partial charge in [-0.25, -0.2) is 8.42 Å². The SMILES string of the molecule is CC(C)(C)NC(=O)c1cccc(NS(=O)(=O)c2ccccc2)c1. The van der Waals surface area contributed by atoms with Crippen LogP contribution in [0.4, 0.5) is 5.69 Å². The van der Waals surface area contributed by atoms with E-state index in [4.69, 9.17) is 0 Å². The van der Waals surface area contributed by atoms with Crippen LogP contribution in [0.25, 0.3) is 0 Å². The molecule has 0 fully saturated rings. The lowest BCUT2D eigenvalue weighted by Gasteiger charge is -2.20.